The summed E-state index contributed by atoms with van der Waals surface area (Å²) in [4.78, 5) is 26.9. The monoisotopic (exact) mass is 390 g/mol. The Kier molecular flexibility index (Phi) is 5.38. The largest absolute Gasteiger partial charge is 0.457 e. The van der Waals surface area contributed by atoms with Gasteiger partial charge < -0.3 is 10.1 Å². The van der Waals surface area contributed by atoms with E-state index in [-0.39, 0.29) is 18.0 Å². The van der Waals surface area contributed by atoms with Crippen molar-refractivity contribution < 1.29 is 22.7 Å². The summed E-state index contributed by atoms with van der Waals surface area (Å²) < 4.78 is 32.4. The number of imide groups is 1. The average molecular weight is 390 g/mol. The number of nitrogens with zero attached hydrogens (tertiary/aromatic N) is 2. The molecular weight excluding hydrogens is 372 g/mol. The fraction of sp³-hybridized carbons (Fsp3) is 0.235. The van der Waals surface area contributed by atoms with Crippen LogP contribution < -0.4 is 15.4 Å². The van der Waals surface area contributed by atoms with Crippen LogP contribution in [0.15, 0.2) is 53.7 Å². The van der Waals surface area contributed by atoms with Crippen LogP contribution in [-0.4, -0.2) is 48.8 Å². The molecule has 1 aliphatic rings. The maximum Gasteiger partial charge on any atom is 0.322 e. The highest BCUT2D eigenvalue weighted by atomic mass is 32.2. The first-order valence-corrected chi connectivity index (χ1v) is 9.63. The first kappa shape index (κ1) is 18.8. The van der Waals surface area contributed by atoms with Gasteiger partial charge in [0.05, 0.1) is 4.90 Å². The Balaban J connectivity index is 1.74. The average Bonchev–Trinajstić information content (AvgIpc) is 2.98. The highest BCUT2D eigenvalue weighted by Crippen LogP contribution is 2.24. The van der Waals surface area contributed by atoms with Gasteiger partial charge in [-0.15, -0.1) is 0 Å². The summed E-state index contributed by atoms with van der Waals surface area (Å²) >= 11 is 0. The van der Waals surface area contributed by atoms with E-state index in [1.54, 1.807) is 43.6 Å². The molecule has 2 heterocycles. The third-order valence-electron chi connectivity index (χ3n) is 3.94. The Morgan fingerprint density at radius 1 is 1.07 bits per heavy atom. The van der Waals surface area contributed by atoms with Crippen LogP contribution in [-0.2, 0) is 14.8 Å². The molecule has 1 aromatic heterocycles. The normalized spacial score (nSPS) is 16.9. The van der Waals surface area contributed by atoms with Gasteiger partial charge in [-0.05, 0) is 36.4 Å². The molecule has 0 saturated carbocycles. The van der Waals surface area contributed by atoms with Crippen molar-refractivity contribution in [1.82, 2.24) is 19.9 Å². The number of sulfonamides is 1. The Morgan fingerprint density at radius 2 is 1.70 bits per heavy atom. The lowest BCUT2D eigenvalue weighted by molar-refractivity contribution is -0.120. The van der Waals surface area contributed by atoms with Crippen molar-refractivity contribution >= 4 is 22.0 Å². The van der Waals surface area contributed by atoms with Crippen molar-refractivity contribution in [3.8, 4) is 11.5 Å². The van der Waals surface area contributed by atoms with Gasteiger partial charge in [-0.1, -0.05) is 6.92 Å². The van der Waals surface area contributed by atoms with E-state index < -0.39 is 28.0 Å². The zero-order chi connectivity index (χ0) is 19.4. The molecule has 1 unspecified atom stereocenters. The fourth-order valence-corrected chi connectivity index (χ4v) is 4.02. The third-order valence-corrected chi connectivity index (χ3v) is 5.90. The van der Waals surface area contributed by atoms with Crippen LogP contribution in [0.2, 0.25) is 0 Å². The second-order valence-corrected chi connectivity index (χ2v) is 7.67. The first-order valence-electron chi connectivity index (χ1n) is 8.19. The van der Waals surface area contributed by atoms with E-state index in [1.165, 1.54) is 12.1 Å². The first-order chi connectivity index (χ1) is 12.9. The SMILES string of the molecule is CCN(CC1NC(=O)NC1=O)S(=O)(=O)c1ccc(Oc2ccncc2)cc1. The molecule has 0 radical (unpaired) electrons. The molecule has 1 fully saturated rings. The van der Waals surface area contributed by atoms with Crippen molar-refractivity contribution in [1.29, 1.82) is 0 Å². The Bertz CT molecular complexity index is 932. The summed E-state index contributed by atoms with van der Waals surface area (Å²) in [7, 11) is -3.83. The molecule has 3 amide bonds. The molecule has 2 aromatic rings. The summed E-state index contributed by atoms with van der Waals surface area (Å²) in [5.74, 6) is 0.513. The van der Waals surface area contributed by atoms with Crippen LogP contribution >= 0.6 is 0 Å². The molecule has 0 spiro atoms. The maximum atomic E-state index is 12.8. The van der Waals surface area contributed by atoms with E-state index >= 15 is 0 Å². The molecule has 1 aromatic carbocycles. The number of pyridine rings is 1. The lowest BCUT2D eigenvalue weighted by atomic mass is 10.3. The summed E-state index contributed by atoms with van der Waals surface area (Å²) in [6.45, 7) is 1.66. The minimum atomic E-state index is -3.83. The van der Waals surface area contributed by atoms with Crippen molar-refractivity contribution in [3.05, 3.63) is 48.8 Å². The molecule has 3 rings (SSSR count). The van der Waals surface area contributed by atoms with Gasteiger partial charge in [0.15, 0.2) is 0 Å². The number of urea groups is 1. The van der Waals surface area contributed by atoms with Crippen molar-refractivity contribution in [3.63, 3.8) is 0 Å². The maximum absolute atomic E-state index is 12.8. The number of likely N-dealkylation sites (N-methyl/N-ethyl adjacent to an activating group) is 1. The molecule has 27 heavy (non-hydrogen) atoms. The predicted octanol–water partition coefficient (Wildman–Crippen LogP) is 1.09. The van der Waals surface area contributed by atoms with Gasteiger partial charge in [0.1, 0.15) is 17.5 Å². The number of hydrogen-bond donors (Lipinski definition) is 2. The number of hydrogen-bond acceptors (Lipinski definition) is 6. The van der Waals surface area contributed by atoms with Crippen LogP contribution in [0, 0.1) is 0 Å². The smallest absolute Gasteiger partial charge is 0.322 e. The van der Waals surface area contributed by atoms with Crippen LogP contribution in [0.3, 0.4) is 0 Å². The van der Waals surface area contributed by atoms with Crippen molar-refractivity contribution in [2.75, 3.05) is 13.1 Å². The zero-order valence-electron chi connectivity index (χ0n) is 14.5. The van der Waals surface area contributed by atoms with Crippen LogP contribution in [0.4, 0.5) is 4.79 Å². The van der Waals surface area contributed by atoms with Crippen molar-refractivity contribution in [2.45, 2.75) is 17.9 Å². The van der Waals surface area contributed by atoms with Crippen LogP contribution in [0.25, 0.3) is 0 Å². The summed E-state index contributed by atoms with van der Waals surface area (Å²) in [5, 5.41) is 4.48. The Hall–Kier alpha value is -2.98. The molecular formula is C17H18N4O5S. The summed E-state index contributed by atoms with van der Waals surface area (Å²) in [6, 6.07) is 7.78. The van der Waals surface area contributed by atoms with E-state index in [1.807, 2.05) is 0 Å². The van der Waals surface area contributed by atoms with Gasteiger partial charge in [-0.3, -0.25) is 15.1 Å². The van der Waals surface area contributed by atoms with E-state index in [2.05, 4.69) is 15.6 Å². The predicted molar refractivity (Wildman–Crippen MR) is 95.6 cm³/mol. The van der Waals surface area contributed by atoms with Crippen molar-refractivity contribution in [2.24, 2.45) is 0 Å². The second kappa shape index (κ2) is 7.72. The number of aromatic nitrogens is 1. The summed E-state index contributed by atoms with van der Waals surface area (Å²) in [5.41, 5.74) is 0. The lowest BCUT2D eigenvalue weighted by Crippen LogP contribution is -2.44. The van der Waals surface area contributed by atoms with E-state index in [0.717, 1.165) is 4.31 Å². The van der Waals surface area contributed by atoms with Gasteiger partial charge in [-0.2, -0.15) is 4.31 Å². The molecule has 1 aliphatic heterocycles. The number of benzene rings is 1. The standard InChI is InChI=1S/C17H18N4O5S/c1-2-21(11-15-16(22)20-17(23)19-15)27(24,25)14-5-3-12(4-6-14)26-13-7-9-18-10-8-13/h3-10,15H,2,11H2,1H3,(H2,19,20,22,23). The van der Waals surface area contributed by atoms with Gasteiger partial charge in [0.25, 0.3) is 5.91 Å². The molecule has 0 aliphatic carbocycles. The number of nitrogens with one attached hydrogen (secondary N) is 2. The highest BCUT2D eigenvalue weighted by molar-refractivity contribution is 7.89. The minimum Gasteiger partial charge on any atom is -0.457 e. The van der Waals surface area contributed by atoms with E-state index in [0.29, 0.717) is 11.5 Å². The molecule has 0 bridgehead atoms. The van der Waals surface area contributed by atoms with Gasteiger partial charge in [0.2, 0.25) is 10.0 Å². The quantitative estimate of drug-likeness (QED) is 0.684. The van der Waals surface area contributed by atoms with Crippen LogP contribution in [0.1, 0.15) is 6.92 Å². The molecule has 9 nitrogen and oxygen atoms in total. The minimum absolute atomic E-state index is 0.0659. The topological polar surface area (TPSA) is 118 Å². The van der Waals surface area contributed by atoms with E-state index in [4.69, 9.17) is 4.74 Å². The molecule has 142 valence electrons. The lowest BCUT2D eigenvalue weighted by Gasteiger charge is -2.22. The van der Waals surface area contributed by atoms with Gasteiger partial charge >= 0.3 is 6.03 Å². The molecule has 1 atom stereocenters. The Morgan fingerprint density at radius 3 is 2.26 bits per heavy atom. The molecule has 2 N–H and O–H groups in total. The number of ether oxygens (including phenoxy) is 1. The fourth-order valence-electron chi connectivity index (χ4n) is 2.56. The number of carbonyl (C=O) groups excluding carboxylic acids is 2. The third kappa shape index (κ3) is 4.23. The molecule has 1 saturated heterocycles. The zero-order valence-corrected chi connectivity index (χ0v) is 15.3. The Labute approximate surface area is 156 Å². The molecule has 10 heteroatoms. The summed E-state index contributed by atoms with van der Waals surface area (Å²) in [6.07, 6.45) is 3.18. The van der Waals surface area contributed by atoms with Gasteiger partial charge in [-0.25, -0.2) is 13.2 Å². The highest BCUT2D eigenvalue weighted by Gasteiger charge is 2.34. The van der Waals surface area contributed by atoms with Crippen LogP contribution in [0.5, 0.6) is 11.5 Å². The number of amides is 3. The number of rotatable bonds is 7. The van der Waals surface area contributed by atoms with E-state index in [9.17, 15) is 18.0 Å². The second-order valence-electron chi connectivity index (χ2n) is 5.73. The van der Waals surface area contributed by atoms with Gasteiger partial charge in [0, 0.05) is 25.5 Å². The number of carbonyl (C=O) groups is 2.